The minimum Gasteiger partial charge on any atom is -0.355 e. The van der Waals surface area contributed by atoms with Crippen LogP contribution in [0, 0.1) is 5.82 Å². The van der Waals surface area contributed by atoms with Crippen LogP contribution in [0.5, 0.6) is 0 Å². The normalized spacial score (nSPS) is 12.2. The first-order chi connectivity index (χ1) is 9.11. The van der Waals surface area contributed by atoms with Gasteiger partial charge in [-0.15, -0.1) is 11.8 Å². The molecule has 5 heteroatoms. The molecule has 0 aromatic heterocycles. The largest absolute Gasteiger partial charge is 0.355 e. The van der Waals surface area contributed by atoms with Crippen molar-refractivity contribution in [3.8, 4) is 0 Å². The number of hydrogen-bond acceptors (Lipinski definition) is 3. The van der Waals surface area contributed by atoms with E-state index in [2.05, 4.69) is 12.2 Å². The van der Waals surface area contributed by atoms with Gasteiger partial charge in [-0.2, -0.15) is 0 Å². The first-order valence-electron chi connectivity index (χ1n) is 6.44. The van der Waals surface area contributed by atoms with Gasteiger partial charge in [0.1, 0.15) is 5.82 Å². The van der Waals surface area contributed by atoms with Gasteiger partial charge >= 0.3 is 0 Å². The van der Waals surface area contributed by atoms with Crippen LogP contribution >= 0.6 is 11.8 Å². The van der Waals surface area contributed by atoms with Crippen LogP contribution in [-0.2, 0) is 11.2 Å². The Kier molecular flexibility index (Phi) is 7.52. The molecule has 0 heterocycles. The Balaban J connectivity index is 2.15. The third-order valence-electron chi connectivity index (χ3n) is 2.72. The van der Waals surface area contributed by atoms with Crippen LogP contribution in [0.25, 0.3) is 0 Å². The van der Waals surface area contributed by atoms with Crippen LogP contribution in [0.2, 0.25) is 0 Å². The zero-order valence-corrected chi connectivity index (χ0v) is 12.0. The van der Waals surface area contributed by atoms with E-state index in [-0.39, 0.29) is 11.7 Å². The molecular weight excluding hydrogens is 263 g/mol. The molecule has 3 N–H and O–H groups in total. The summed E-state index contributed by atoms with van der Waals surface area (Å²) >= 11 is 1.62. The van der Waals surface area contributed by atoms with E-state index in [9.17, 15) is 9.18 Å². The molecule has 1 aromatic rings. The summed E-state index contributed by atoms with van der Waals surface area (Å²) in [7, 11) is 0. The second-order valence-corrected chi connectivity index (χ2v) is 5.85. The highest BCUT2D eigenvalue weighted by Gasteiger charge is 2.06. The Morgan fingerprint density at radius 1 is 1.42 bits per heavy atom. The van der Waals surface area contributed by atoms with E-state index in [0.717, 1.165) is 18.4 Å². The zero-order valence-electron chi connectivity index (χ0n) is 11.2. The number of nitrogens with two attached hydrogens (primary N) is 1. The molecule has 0 aliphatic heterocycles. The van der Waals surface area contributed by atoms with Gasteiger partial charge in [-0.3, -0.25) is 4.79 Å². The van der Waals surface area contributed by atoms with Gasteiger partial charge in [0.2, 0.25) is 5.91 Å². The summed E-state index contributed by atoms with van der Waals surface area (Å²) in [5.74, 6) is 0.263. The molecule has 1 rings (SSSR count). The predicted octanol–water partition coefficient (Wildman–Crippen LogP) is 1.95. The first kappa shape index (κ1) is 16.0. The number of halogens is 1. The lowest BCUT2D eigenvalue weighted by molar-refractivity contribution is -0.118. The standard InChI is InChI=1S/C14H21FN2OS/c1-11(6-8-16)19-10-14(18)17-9-7-12-2-4-13(15)5-3-12/h2-5,11H,6-10,16H2,1H3,(H,17,18). The van der Waals surface area contributed by atoms with Crippen molar-refractivity contribution < 1.29 is 9.18 Å². The first-order valence-corrected chi connectivity index (χ1v) is 7.49. The summed E-state index contributed by atoms with van der Waals surface area (Å²) in [5, 5.41) is 3.27. The number of thioether (sulfide) groups is 1. The maximum Gasteiger partial charge on any atom is 0.230 e. The summed E-state index contributed by atoms with van der Waals surface area (Å²) in [5.41, 5.74) is 6.47. The fourth-order valence-corrected chi connectivity index (χ4v) is 2.43. The molecule has 0 saturated heterocycles. The van der Waals surface area contributed by atoms with Crippen LogP contribution in [-0.4, -0.2) is 30.0 Å². The van der Waals surface area contributed by atoms with Crippen molar-refractivity contribution in [2.75, 3.05) is 18.8 Å². The number of amides is 1. The molecule has 1 atom stereocenters. The Morgan fingerprint density at radius 3 is 2.74 bits per heavy atom. The van der Waals surface area contributed by atoms with Crippen molar-refractivity contribution in [1.29, 1.82) is 0 Å². The van der Waals surface area contributed by atoms with Crippen molar-refractivity contribution >= 4 is 17.7 Å². The molecule has 1 aromatic carbocycles. The maximum absolute atomic E-state index is 12.7. The molecule has 0 bridgehead atoms. The van der Waals surface area contributed by atoms with Crippen molar-refractivity contribution in [2.45, 2.75) is 25.0 Å². The third-order valence-corrected chi connectivity index (χ3v) is 3.95. The Labute approximate surface area is 118 Å². The predicted molar refractivity (Wildman–Crippen MR) is 78.7 cm³/mol. The fourth-order valence-electron chi connectivity index (χ4n) is 1.58. The molecule has 0 aliphatic carbocycles. The van der Waals surface area contributed by atoms with Gasteiger partial charge in [-0.1, -0.05) is 19.1 Å². The zero-order chi connectivity index (χ0) is 14.1. The van der Waals surface area contributed by atoms with E-state index >= 15 is 0 Å². The summed E-state index contributed by atoms with van der Waals surface area (Å²) in [6.45, 7) is 3.31. The summed E-state index contributed by atoms with van der Waals surface area (Å²) in [6.07, 6.45) is 1.64. The Morgan fingerprint density at radius 2 is 2.11 bits per heavy atom. The average molecular weight is 284 g/mol. The molecule has 1 unspecified atom stereocenters. The van der Waals surface area contributed by atoms with E-state index in [1.54, 1.807) is 23.9 Å². The summed E-state index contributed by atoms with van der Waals surface area (Å²) in [4.78, 5) is 11.6. The molecule has 19 heavy (non-hydrogen) atoms. The summed E-state index contributed by atoms with van der Waals surface area (Å²) < 4.78 is 12.7. The van der Waals surface area contributed by atoms with Crippen molar-refractivity contribution in [1.82, 2.24) is 5.32 Å². The van der Waals surface area contributed by atoms with Gasteiger partial charge in [0, 0.05) is 11.8 Å². The molecular formula is C14H21FN2OS. The Hall–Kier alpha value is -1.07. The monoisotopic (exact) mass is 284 g/mol. The topological polar surface area (TPSA) is 55.1 Å². The number of hydrogen-bond donors (Lipinski definition) is 2. The van der Waals surface area contributed by atoms with Crippen LogP contribution in [0.3, 0.4) is 0 Å². The second kappa shape index (κ2) is 8.93. The Bertz CT molecular complexity index is 384. The lowest BCUT2D eigenvalue weighted by atomic mass is 10.1. The number of rotatable bonds is 8. The highest BCUT2D eigenvalue weighted by molar-refractivity contribution is 8.00. The second-order valence-electron chi connectivity index (χ2n) is 4.43. The third kappa shape index (κ3) is 7.18. The molecule has 0 aliphatic rings. The van der Waals surface area contributed by atoms with Crippen LogP contribution in [0.1, 0.15) is 18.9 Å². The summed E-state index contributed by atoms with van der Waals surface area (Å²) in [6, 6.07) is 6.34. The number of nitrogens with one attached hydrogen (secondary N) is 1. The number of carbonyl (C=O) groups excluding carboxylic acids is 1. The van der Waals surface area contributed by atoms with Crippen molar-refractivity contribution in [3.63, 3.8) is 0 Å². The van der Waals surface area contributed by atoms with E-state index in [1.165, 1.54) is 12.1 Å². The quantitative estimate of drug-likeness (QED) is 0.767. The van der Waals surface area contributed by atoms with Crippen LogP contribution in [0.15, 0.2) is 24.3 Å². The molecule has 106 valence electrons. The van der Waals surface area contributed by atoms with Crippen molar-refractivity contribution in [3.05, 3.63) is 35.6 Å². The minimum atomic E-state index is -0.238. The van der Waals surface area contributed by atoms with Gasteiger partial charge in [0.15, 0.2) is 0 Å². The molecule has 0 fully saturated rings. The van der Waals surface area contributed by atoms with Gasteiger partial charge < -0.3 is 11.1 Å². The van der Waals surface area contributed by atoms with Gasteiger partial charge in [-0.25, -0.2) is 4.39 Å². The number of carbonyl (C=O) groups is 1. The minimum absolute atomic E-state index is 0.0379. The lowest BCUT2D eigenvalue weighted by Gasteiger charge is -2.09. The fraction of sp³-hybridized carbons (Fsp3) is 0.500. The van der Waals surface area contributed by atoms with E-state index in [0.29, 0.717) is 24.1 Å². The number of benzene rings is 1. The van der Waals surface area contributed by atoms with E-state index in [1.807, 2.05) is 0 Å². The van der Waals surface area contributed by atoms with Crippen molar-refractivity contribution in [2.24, 2.45) is 5.73 Å². The molecule has 0 saturated carbocycles. The molecule has 0 radical (unpaired) electrons. The highest BCUT2D eigenvalue weighted by Crippen LogP contribution is 2.12. The maximum atomic E-state index is 12.7. The van der Waals surface area contributed by atoms with Gasteiger partial charge in [0.05, 0.1) is 5.75 Å². The van der Waals surface area contributed by atoms with Gasteiger partial charge in [-0.05, 0) is 37.1 Å². The van der Waals surface area contributed by atoms with Crippen LogP contribution in [0.4, 0.5) is 4.39 Å². The molecule has 0 spiro atoms. The van der Waals surface area contributed by atoms with Crippen LogP contribution < -0.4 is 11.1 Å². The van der Waals surface area contributed by atoms with E-state index < -0.39 is 0 Å². The van der Waals surface area contributed by atoms with Gasteiger partial charge in [0.25, 0.3) is 0 Å². The average Bonchev–Trinajstić information content (AvgIpc) is 2.39. The SMILES string of the molecule is CC(CCN)SCC(=O)NCCc1ccc(F)cc1. The molecule has 3 nitrogen and oxygen atoms in total. The molecule has 1 amide bonds. The van der Waals surface area contributed by atoms with E-state index in [4.69, 9.17) is 5.73 Å². The smallest absolute Gasteiger partial charge is 0.230 e. The highest BCUT2D eigenvalue weighted by atomic mass is 32.2. The lowest BCUT2D eigenvalue weighted by Crippen LogP contribution is -2.28.